The van der Waals surface area contributed by atoms with E-state index in [1.807, 2.05) is 16.8 Å². The van der Waals surface area contributed by atoms with Crippen molar-refractivity contribution in [2.24, 2.45) is 5.73 Å². The highest BCUT2D eigenvalue weighted by atomic mass is 32.2. The van der Waals surface area contributed by atoms with E-state index in [4.69, 9.17) is 5.73 Å². The number of sulfonamides is 1. The molecule has 0 unspecified atom stereocenters. The molecule has 1 aromatic rings. The van der Waals surface area contributed by atoms with Crippen LogP contribution in [0.1, 0.15) is 31.2 Å². The zero-order chi connectivity index (χ0) is 13.0. The van der Waals surface area contributed by atoms with Crippen molar-refractivity contribution in [2.45, 2.75) is 38.3 Å². The second-order valence-corrected chi connectivity index (χ2v) is 7.54. The van der Waals surface area contributed by atoms with Crippen molar-refractivity contribution < 1.29 is 8.42 Å². The molecule has 0 bridgehead atoms. The molecule has 1 aliphatic carbocycles. The van der Waals surface area contributed by atoms with Crippen molar-refractivity contribution in [1.82, 2.24) is 4.31 Å². The van der Waals surface area contributed by atoms with E-state index < -0.39 is 10.0 Å². The number of nitrogens with two attached hydrogens (primary N) is 1. The van der Waals surface area contributed by atoms with Crippen LogP contribution in [0.2, 0.25) is 0 Å². The Morgan fingerprint density at radius 2 is 2.17 bits per heavy atom. The third-order valence-electron chi connectivity index (χ3n) is 3.09. The molecular formula is C12H20N2O2S2. The molecule has 2 N–H and O–H groups in total. The first-order valence-corrected chi connectivity index (χ1v) is 8.89. The van der Waals surface area contributed by atoms with E-state index in [0.717, 1.165) is 24.8 Å². The summed E-state index contributed by atoms with van der Waals surface area (Å²) in [6.45, 7) is 1.09. The Hall–Kier alpha value is -0.430. The first kappa shape index (κ1) is 14.0. The minimum atomic E-state index is -3.13. The van der Waals surface area contributed by atoms with E-state index in [0.29, 0.717) is 19.5 Å². The lowest BCUT2D eigenvalue weighted by molar-refractivity contribution is 0.398. The Balaban J connectivity index is 2.00. The monoisotopic (exact) mass is 288 g/mol. The van der Waals surface area contributed by atoms with Gasteiger partial charge in [-0.25, -0.2) is 8.42 Å². The van der Waals surface area contributed by atoms with Gasteiger partial charge in [0.2, 0.25) is 10.0 Å². The summed E-state index contributed by atoms with van der Waals surface area (Å²) in [5, 5.41) is 4.01. The van der Waals surface area contributed by atoms with Crippen LogP contribution in [-0.2, 0) is 16.6 Å². The highest BCUT2D eigenvalue weighted by molar-refractivity contribution is 7.89. The second kappa shape index (κ2) is 6.14. The third kappa shape index (κ3) is 3.78. The van der Waals surface area contributed by atoms with Crippen LogP contribution in [0, 0.1) is 0 Å². The summed E-state index contributed by atoms with van der Waals surface area (Å²) in [6, 6.07) is 2.22. The van der Waals surface area contributed by atoms with Gasteiger partial charge in [0.15, 0.2) is 0 Å². The molecule has 0 aromatic carbocycles. The van der Waals surface area contributed by atoms with E-state index in [1.54, 1.807) is 15.6 Å². The van der Waals surface area contributed by atoms with Crippen LogP contribution >= 0.6 is 11.3 Å². The highest BCUT2D eigenvalue weighted by Crippen LogP contribution is 2.31. The van der Waals surface area contributed by atoms with Crippen LogP contribution in [0.15, 0.2) is 16.8 Å². The molecule has 1 fully saturated rings. The average molecular weight is 288 g/mol. The maximum Gasteiger partial charge on any atom is 0.214 e. The molecule has 0 saturated heterocycles. The van der Waals surface area contributed by atoms with Gasteiger partial charge < -0.3 is 5.73 Å². The fraction of sp³-hybridized carbons (Fsp3) is 0.667. The fourth-order valence-corrected chi connectivity index (χ4v) is 4.40. The van der Waals surface area contributed by atoms with Crippen LogP contribution in [0.4, 0.5) is 0 Å². The number of rotatable bonds is 8. The average Bonchev–Trinajstić information content (AvgIpc) is 3.03. The Morgan fingerprint density at radius 3 is 2.72 bits per heavy atom. The minimum Gasteiger partial charge on any atom is -0.330 e. The zero-order valence-corrected chi connectivity index (χ0v) is 12.0. The van der Waals surface area contributed by atoms with Crippen LogP contribution in [-0.4, -0.2) is 31.1 Å². The van der Waals surface area contributed by atoms with Crippen LogP contribution in [0.25, 0.3) is 0 Å². The molecule has 1 aliphatic rings. The highest BCUT2D eigenvalue weighted by Gasteiger charge is 2.36. The molecule has 0 atom stereocenters. The van der Waals surface area contributed by atoms with E-state index in [2.05, 4.69) is 0 Å². The predicted octanol–water partition coefficient (Wildman–Crippen LogP) is 1.78. The van der Waals surface area contributed by atoms with E-state index in [-0.39, 0.29) is 11.8 Å². The van der Waals surface area contributed by atoms with Crippen LogP contribution in [0.5, 0.6) is 0 Å². The number of unbranched alkanes of at least 4 members (excludes halogenated alkanes) is 1. The van der Waals surface area contributed by atoms with Gasteiger partial charge in [0.25, 0.3) is 0 Å². The Kier molecular flexibility index (Phi) is 4.77. The Labute approximate surface area is 113 Å². The first-order chi connectivity index (χ1) is 8.63. The van der Waals surface area contributed by atoms with Crippen molar-refractivity contribution in [3.05, 3.63) is 22.4 Å². The quantitative estimate of drug-likeness (QED) is 0.742. The molecule has 1 heterocycles. The summed E-state index contributed by atoms with van der Waals surface area (Å²) in [5.74, 6) is 0.227. The lowest BCUT2D eigenvalue weighted by atomic mass is 10.3. The summed E-state index contributed by atoms with van der Waals surface area (Å²) in [6.07, 6.45) is 3.43. The maximum atomic E-state index is 12.3. The Morgan fingerprint density at radius 1 is 1.39 bits per heavy atom. The fourth-order valence-electron chi connectivity index (χ4n) is 1.93. The van der Waals surface area contributed by atoms with Gasteiger partial charge in [-0.15, -0.1) is 0 Å². The summed E-state index contributed by atoms with van der Waals surface area (Å²) < 4.78 is 26.3. The number of nitrogens with zero attached hydrogens (tertiary/aromatic N) is 1. The summed E-state index contributed by atoms with van der Waals surface area (Å²) in [5.41, 5.74) is 6.50. The summed E-state index contributed by atoms with van der Waals surface area (Å²) in [4.78, 5) is 0. The van der Waals surface area contributed by atoms with E-state index >= 15 is 0 Å². The topological polar surface area (TPSA) is 63.4 Å². The largest absolute Gasteiger partial charge is 0.330 e. The second-order valence-electron chi connectivity index (χ2n) is 4.72. The number of hydrogen-bond acceptors (Lipinski definition) is 4. The van der Waals surface area contributed by atoms with Crippen molar-refractivity contribution in [3.63, 3.8) is 0 Å². The molecule has 0 spiro atoms. The van der Waals surface area contributed by atoms with Gasteiger partial charge >= 0.3 is 0 Å². The lowest BCUT2D eigenvalue weighted by Gasteiger charge is -2.21. The summed E-state index contributed by atoms with van der Waals surface area (Å²) >= 11 is 1.61. The smallest absolute Gasteiger partial charge is 0.214 e. The van der Waals surface area contributed by atoms with Crippen molar-refractivity contribution >= 4 is 21.4 Å². The molecular weight excluding hydrogens is 268 g/mol. The number of hydrogen-bond donors (Lipinski definition) is 1. The van der Waals surface area contributed by atoms with Crippen LogP contribution in [0.3, 0.4) is 0 Å². The molecule has 0 radical (unpaired) electrons. The maximum absolute atomic E-state index is 12.3. The van der Waals surface area contributed by atoms with E-state index in [1.165, 1.54) is 0 Å². The Bertz CT molecular complexity index is 452. The molecule has 0 amide bonds. The molecule has 2 rings (SSSR count). The molecule has 6 heteroatoms. The van der Waals surface area contributed by atoms with Crippen molar-refractivity contribution in [2.75, 3.05) is 12.3 Å². The van der Waals surface area contributed by atoms with Gasteiger partial charge in [0.1, 0.15) is 0 Å². The third-order valence-corrected chi connectivity index (χ3v) is 5.76. The normalized spacial score (nSPS) is 16.3. The van der Waals surface area contributed by atoms with Gasteiger partial charge in [-0.1, -0.05) is 0 Å². The van der Waals surface area contributed by atoms with Crippen LogP contribution < -0.4 is 5.73 Å². The molecule has 0 aliphatic heterocycles. The SMILES string of the molecule is NCCCCS(=O)(=O)N(Cc1ccsc1)C1CC1. The van der Waals surface area contributed by atoms with Gasteiger partial charge in [-0.3, -0.25) is 0 Å². The zero-order valence-electron chi connectivity index (χ0n) is 10.4. The predicted molar refractivity (Wildman–Crippen MR) is 75.0 cm³/mol. The van der Waals surface area contributed by atoms with Gasteiger partial charge in [-0.05, 0) is 54.6 Å². The van der Waals surface area contributed by atoms with Gasteiger partial charge in [0.05, 0.1) is 5.75 Å². The number of thiophene rings is 1. The molecule has 102 valence electrons. The molecule has 4 nitrogen and oxygen atoms in total. The van der Waals surface area contributed by atoms with Crippen molar-refractivity contribution in [3.8, 4) is 0 Å². The summed E-state index contributed by atoms with van der Waals surface area (Å²) in [7, 11) is -3.13. The van der Waals surface area contributed by atoms with Crippen molar-refractivity contribution in [1.29, 1.82) is 0 Å². The standard InChI is InChI=1S/C12H20N2O2S2/c13-6-1-2-8-18(15,16)14(12-3-4-12)9-11-5-7-17-10-11/h5,7,10,12H,1-4,6,8-9,13H2. The van der Waals surface area contributed by atoms with E-state index in [9.17, 15) is 8.42 Å². The van der Waals surface area contributed by atoms with Gasteiger partial charge in [0, 0.05) is 12.6 Å². The lowest BCUT2D eigenvalue weighted by Crippen LogP contribution is -2.34. The molecule has 1 aromatic heterocycles. The molecule has 18 heavy (non-hydrogen) atoms. The molecule has 1 saturated carbocycles. The minimum absolute atomic E-state index is 0.227. The van der Waals surface area contributed by atoms with Gasteiger partial charge in [-0.2, -0.15) is 15.6 Å². The first-order valence-electron chi connectivity index (χ1n) is 6.34.